The molecule has 0 unspecified atom stereocenters. The van der Waals surface area contributed by atoms with E-state index in [9.17, 15) is 18.0 Å². The van der Waals surface area contributed by atoms with Crippen LogP contribution < -0.4 is 0 Å². The molecule has 18 heavy (non-hydrogen) atoms. The number of carbonyl (C=O) groups is 1. The predicted octanol–water partition coefficient (Wildman–Crippen LogP) is 3.98. The van der Waals surface area contributed by atoms with E-state index in [0.717, 1.165) is 30.6 Å². The molecule has 0 N–H and O–H groups in total. The minimum Gasteiger partial charge on any atom is -0.332 e. The summed E-state index contributed by atoms with van der Waals surface area (Å²) in [6, 6.07) is 0. The number of halogens is 4. The van der Waals surface area contributed by atoms with Crippen molar-refractivity contribution in [1.29, 1.82) is 0 Å². The Labute approximate surface area is 111 Å². The number of carbonyl (C=O) groups excluding carboxylic acids is 1. The molecule has 0 aromatic rings. The lowest BCUT2D eigenvalue weighted by molar-refractivity contribution is -0.160. The number of alkyl halides is 4. The van der Waals surface area contributed by atoms with E-state index >= 15 is 0 Å². The van der Waals surface area contributed by atoms with Crippen molar-refractivity contribution in [2.24, 2.45) is 0 Å². The highest BCUT2D eigenvalue weighted by molar-refractivity contribution is 6.18. The summed E-state index contributed by atoms with van der Waals surface area (Å²) in [6.07, 6.45) is 0.581. The first-order valence-electron chi connectivity index (χ1n) is 6.31. The molecule has 6 heteroatoms. The number of hydrogen-bond acceptors (Lipinski definition) is 1. The number of amides is 1. The van der Waals surface area contributed by atoms with E-state index in [0.29, 0.717) is 6.42 Å². The van der Waals surface area contributed by atoms with E-state index in [1.165, 1.54) is 0 Å². The third-order valence-corrected chi connectivity index (χ3v) is 2.74. The lowest BCUT2D eigenvalue weighted by Crippen LogP contribution is -2.40. The monoisotopic (exact) mass is 287 g/mol. The van der Waals surface area contributed by atoms with Crippen LogP contribution in [0.4, 0.5) is 13.2 Å². The Morgan fingerprint density at radius 3 is 2.28 bits per heavy atom. The van der Waals surface area contributed by atoms with Crippen LogP contribution in [0.25, 0.3) is 0 Å². The zero-order valence-electron chi connectivity index (χ0n) is 10.7. The Morgan fingerprint density at radius 1 is 1.17 bits per heavy atom. The summed E-state index contributed by atoms with van der Waals surface area (Å²) in [5.41, 5.74) is 0. The summed E-state index contributed by atoms with van der Waals surface area (Å²) >= 11 is 5.41. The van der Waals surface area contributed by atoms with Crippen molar-refractivity contribution in [3.8, 4) is 0 Å². The van der Waals surface area contributed by atoms with E-state index in [4.69, 9.17) is 11.6 Å². The van der Waals surface area contributed by atoms with E-state index in [-0.39, 0.29) is 18.8 Å². The van der Waals surface area contributed by atoms with E-state index in [1.807, 2.05) is 0 Å². The smallest absolute Gasteiger partial charge is 0.332 e. The maximum Gasteiger partial charge on any atom is 0.406 e. The van der Waals surface area contributed by atoms with Crippen molar-refractivity contribution < 1.29 is 18.0 Å². The summed E-state index contributed by atoms with van der Waals surface area (Å²) in [6.45, 7) is 0.832. The van der Waals surface area contributed by atoms with E-state index < -0.39 is 18.6 Å². The molecule has 0 rings (SSSR count). The van der Waals surface area contributed by atoms with Crippen molar-refractivity contribution in [3.63, 3.8) is 0 Å². The molecule has 0 aliphatic heterocycles. The van der Waals surface area contributed by atoms with Crippen LogP contribution in [-0.2, 0) is 4.79 Å². The molecule has 0 heterocycles. The highest BCUT2D eigenvalue weighted by Crippen LogP contribution is 2.17. The standard InChI is InChI=1S/C12H21ClF3NO/c1-2-3-4-5-6-7-11(18)17(9-8-13)10-12(14,15)16/h2-10H2,1H3. The van der Waals surface area contributed by atoms with Crippen LogP contribution in [0.1, 0.15) is 45.4 Å². The van der Waals surface area contributed by atoms with Gasteiger partial charge in [0.2, 0.25) is 5.91 Å². The van der Waals surface area contributed by atoms with Crippen LogP contribution in [0, 0.1) is 0 Å². The predicted molar refractivity (Wildman–Crippen MR) is 66.7 cm³/mol. The zero-order valence-corrected chi connectivity index (χ0v) is 11.5. The summed E-state index contributed by atoms with van der Waals surface area (Å²) in [7, 11) is 0. The van der Waals surface area contributed by atoms with Crippen molar-refractivity contribution in [2.75, 3.05) is 19.0 Å². The molecule has 0 saturated heterocycles. The van der Waals surface area contributed by atoms with Gasteiger partial charge < -0.3 is 4.90 Å². The van der Waals surface area contributed by atoms with Crippen LogP contribution >= 0.6 is 11.6 Å². The molecule has 0 aromatic heterocycles. The van der Waals surface area contributed by atoms with Gasteiger partial charge in [0.15, 0.2) is 0 Å². The maximum absolute atomic E-state index is 12.2. The minimum absolute atomic E-state index is 0.0255. The lowest BCUT2D eigenvalue weighted by Gasteiger charge is -2.23. The lowest BCUT2D eigenvalue weighted by atomic mass is 10.1. The summed E-state index contributed by atoms with van der Waals surface area (Å²) < 4.78 is 36.7. The van der Waals surface area contributed by atoms with Crippen molar-refractivity contribution >= 4 is 17.5 Å². The molecule has 0 radical (unpaired) electrons. The van der Waals surface area contributed by atoms with Crippen molar-refractivity contribution in [3.05, 3.63) is 0 Å². The second-order valence-electron chi connectivity index (χ2n) is 4.28. The van der Waals surface area contributed by atoms with Gasteiger partial charge in [0.1, 0.15) is 6.54 Å². The number of hydrogen-bond donors (Lipinski definition) is 0. The number of unbranched alkanes of at least 4 members (excludes halogenated alkanes) is 4. The normalized spacial score (nSPS) is 11.6. The largest absolute Gasteiger partial charge is 0.406 e. The fourth-order valence-corrected chi connectivity index (χ4v) is 1.85. The van der Waals surface area contributed by atoms with Crippen LogP contribution in [0.5, 0.6) is 0 Å². The third-order valence-electron chi connectivity index (χ3n) is 2.57. The Balaban J connectivity index is 3.99. The number of nitrogens with zero attached hydrogens (tertiary/aromatic N) is 1. The van der Waals surface area contributed by atoms with Crippen LogP contribution in [0.3, 0.4) is 0 Å². The minimum atomic E-state index is -4.36. The topological polar surface area (TPSA) is 20.3 Å². The molecule has 2 nitrogen and oxygen atoms in total. The highest BCUT2D eigenvalue weighted by Gasteiger charge is 2.32. The van der Waals surface area contributed by atoms with Crippen molar-refractivity contribution in [2.45, 2.75) is 51.6 Å². The average Bonchev–Trinajstić information content (AvgIpc) is 2.26. The van der Waals surface area contributed by atoms with Gasteiger partial charge in [0.25, 0.3) is 0 Å². The Hall–Kier alpha value is -0.450. The second kappa shape index (κ2) is 9.48. The molecule has 1 amide bonds. The van der Waals surface area contributed by atoms with Gasteiger partial charge in [-0.2, -0.15) is 13.2 Å². The Morgan fingerprint density at radius 2 is 1.78 bits per heavy atom. The second-order valence-corrected chi connectivity index (χ2v) is 4.66. The van der Waals surface area contributed by atoms with Gasteiger partial charge in [-0.05, 0) is 6.42 Å². The maximum atomic E-state index is 12.2. The molecular formula is C12H21ClF3NO. The molecule has 0 aliphatic carbocycles. The van der Waals surface area contributed by atoms with Gasteiger partial charge in [-0.3, -0.25) is 4.79 Å². The number of rotatable bonds is 9. The fourth-order valence-electron chi connectivity index (χ4n) is 1.65. The van der Waals surface area contributed by atoms with E-state index in [1.54, 1.807) is 0 Å². The van der Waals surface area contributed by atoms with Gasteiger partial charge in [-0.1, -0.05) is 32.6 Å². The molecule has 0 spiro atoms. The first-order valence-corrected chi connectivity index (χ1v) is 6.84. The van der Waals surface area contributed by atoms with Gasteiger partial charge in [-0.15, -0.1) is 11.6 Å². The zero-order chi connectivity index (χ0) is 14.0. The molecule has 0 saturated carbocycles. The molecule has 0 fully saturated rings. The average molecular weight is 288 g/mol. The molecule has 0 aromatic carbocycles. The van der Waals surface area contributed by atoms with Crippen LogP contribution in [0.2, 0.25) is 0 Å². The quantitative estimate of drug-likeness (QED) is 0.464. The molecule has 0 aliphatic rings. The van der Waals surface area contributed by atoms with Crippen molar-refractivity contribution in [1.82, 2.24) is 4.90 Å². The van der Waals surface area contributed by atoms with E-state index in [2.05, 4.69) is 6.92 Å². The summed E-state index contributed by atoms with van der Waals surface area (Å²) in [4.78, 5) is 12.4. The highest BCUT2D eigenvalue weighted by atomic mass is 35.5. The van der Waals surface area contributed by atoms with Crippen LogP contribution in [0.15, 0.2) is 0 Å². The third kappa shape index (κ3) is 9.57. The molecule has 0 bridgehead atoms. The van der Waals surface area contributed by atoms with Gasteiger partial charge in [0.05, 0.1) is 0 Å². The van der Waals surface area contributed by atoms with Gasteiger partial charge >= 0.3 is 6.18 Å². The Bertz CT molecular complexity index is 234. The van der Waals surface area contributed by atoms with Crippen LogP contribution in [-0.4, -0.2) is 36.0 Å². The fraction of sp³-hybridized carbons (Fsp3) is 0.917. The Kier molecular flexibility index (Phi) is 9.24. The first kappa shape index (κ1) is 17.6. The molecular weight excluding hydrogens is 267 g/mol. The first-order chi connectivity index (χ1) is 8.40. The summed E-state index contributed by atoms with van der Waals surface area (Å²) in [5.74, 6) is -0.429. The molecule has 108 valence electrons. The van der Waals surface area contributed by atoms with Gasteiger partial charge in [-0.25, -0.2) is 0 Å². The summed E-state index contributed by atoms with van der Waals surface area (Å²) in [5, 5.41) is 0. The van der Waals surface area contributed by atoms with Gasteiger partial charge in [0, 0.05) is 18.8 Å². The molecule has 0 atom stereocenters. The SMILES string of the molecule is CCCCCCCC(=O)N(CCCl)CC(F)(F)F.